The minimum absolute atomic E-state index is 0.111. The number of anilines is 1. The standard InChI is InChI=1S/C19H22N2O2/c1-4-17-7-5-6-15(3)19(17)21-18(22)13-23-20-12-16-10-8-14(2)9-11-16/h5-12H,4,13H2,1-3H3,(H,21,22)/b20-12-. The van der Waals surface area contributed by atoms with Gasteiger partial charge in [0.05, 0.1) is 6.21 Å². The van der Waals surface area contributed by atoms with E-state index in [0.717, 1.165) is 28.8 Å². The SMILES string of the molecule is CCc1cccc(C)c1NC(=O)CO/N=C\c1ccc(C)cc1. The zero-order valence-electron chi connectivity index (χ0n) is 13.8. The predicted molar refractivity (Wildman–Crippen MR) is 93.9 cm³/mol. The molecule has 1 N–H and O–H groups in total. The molecule has 4 nitrogen and oxygen atoms in total. The molecule has 0 aliphatic carbocycles. The molecular formula is C19H22N2O2. The van der Waals surface area contributed by atoms with Crippen molar-refractivity contribution in [1.29, 1.82) is 0 Å². The highest BCUT2D eigenvalue weighted by molar-refractivity contribution is 5.93. The van der Waals surface area contributed by atoms with E-state index < -0.39 is 0 Å². The van der Waals surface area contributed by atoms with Crippen molar-refractivity contribution in [2.45, 2.75) is 27.2 Å². The number of hydrogen-bond acceptors (Lipinski definition) is 3. The zero-order valence-corrected chi connectivity index (χ0v) is 13.8. The minimum Gasteiger partial charge on any atom is -0.386 e. The van der Waals surface area contributed by atoms with Gasteiger partial charge in [-0.25, -0.2) is 0 Å². The summed E-state index contributed by atoms with van der Waals surface area (Å²) in [4.78, 5) is 17.1. The summed E-state index contributed by atoms with van der Waals surface area (Å²) in [6, 6.07) is 13.9. The van der Waals surface area contributed by atoms with Gasteiger partial charge >= 0.3 is 0 Å². The molecule has 23 heavy (non-hydrogen) atoms. The van der Waals surface area contributed by atoms with Crippen molar-refractivity contribution in [3.8, 4) is 0 Å². The van der Waals surface area contributed by atoms with Crippen molar-refractivity contribution in [1.82, 2.24) is 0 Å². The third kappa shape index (κ3) is 4.95. The van der Waals surface area contributed by atoms with Crippen LogP contribution in [0.25, 0.3) is 0 Å². The molecule has 0 aliphatic heterocycles. The topological polar surface area (TPSA) is 50.7 Å². The number of nitrogens with zero attached hydrogens (tertiary/aromatic N) is 1. The second-order valence-corrected chi connectivity index (χ2v) is 5.43. The molecule has 0 saturated heterocycles. The van der Waals surface area contributed by atoms with E-state index in [4.69, 9.17) is 4.84 Å². The van der Waals surface area contributed by atoms with Crippen molar-refractivity contribution in [2.75, 3.05) is 11.9 Å². The Labute approximate surface area is 137 Å². The van der Waals surface area contributed by atoms with Crippen LogP contribution in [0.4, 0.5) is 5.69 Å². The Hall–Kier alpha value is -2.62. The van der Waals surface area contributed by atoms with E-state index in [0.29, 0.717) is 0 Å². The fourth-order valence-corrected chi connectivity index (χ4v) is 2.22. The number of amides is 1. The molecule has 0 heterocycles. The average molecular weight is 310 g/mol. The largest absolute Gasteiger partial charge is 0.386 e. The fraction of sp³-hybridized carbons (Fsp3) is 0.263. The highest BCUT2D eigenvalue weighted by Crippen LogP contribution is 2.20. The number of carbonyl (C=O) groups is 1. The van der Waals surface area contributed by atoms with Crippen LogP contribution in [0.3, 0.4) is 0 Å². The van der Waals surface area contributed by atoms with Gasteiger partial charge in [-0.15, -0.1) is 0 Å². The molecule has 120 valence electrons. The van der Waals surface area contributed by atoms with Crippen LogP contribution in [0.1, 0.15) is 29.2 Å². The van der Waals surface area contributed by atoms with E-state index in [1.165, 1.54) is 5.56 Å². The molecule has 2 aromatic rings. The number of nitrogens with one attached hydrogen (secondary N) is 1. The lowest BCUT2D eigenvalue weighted by Crippen LogP contribution is -2.18. The highest BCUT2D eigenvalue weighted by atomic mass is 16.6. The summed E-state index contributed by atoms with van der Waals surface area (Å²) in [6.07, 6.45) is 2.46. The first-order valence-corrected chi connectivity index (χ1v) is 7.70. The van der Waals surface area contributed by atoms with E-state index in [-0.39, 0.29) is 12.5 Å². The van der Waals surface area contributed by atoms with Gasteiger partial charge in [0.25, 0.3) is 5.91 Å². The summed E-state index contributed by atoms with van der Waals surface area (Å²) in [5.41, 5.74) is 5.14. The number of hydrogen-bond donors (Lipinski definition) is 1. The first-order valence-electron chi connectivity index (χ1n) is 7.70. The van der Waals surface area contributed by atoms with Crippen molar-refractivity contribution >= 4 is 17.8 Å². The molecule has 0 spiro atoms. The van der Waals surface area contributed by atoms with Gasteiger partial charge in [0, 0.05) is 5.69 Å². The van der Waals surface area contributed by atoms with Gasteiger partial charge in [-0.2, -0.15) is 0 Å². The summed E-state index contributed by atoms with van der Waals surface area (Å²) in [5.74, 6) is -0.213. The Bertz CT molecular complexity index is 691. The van der Waals surface area contributed by atoms with Crippen molar-refractivity contribution in [3.63, 3.8) is 0 Å². The first-order chi connectivity index (χ1) is 11.1. The van der Waals surface area contributed by atoms with Crippen molar-refractivity contribution < 1.29 is 9.63 Å². The number of oxime groups is 1. The second kappa shape index (κ2) is 8.13. The monoisotopic (exact) mass is 310 g/mol. The maximum absolute atomic E-state index is 12.0. The van der Waals surface area contributed by atoms with Crippen molar-refractivity contribution in [3.05, 3.63) is 64.7 Å². The van der Waals surface area contributed by atoms with E-state index >= 15 is 0 Å². The maximum Gasteiger partial charge on any atom is 0.265 e. The molecule has 4 heteroatoms. The minimum atomic E-state index is -0.213. The van der Waals surface area contributed by atoms with Gasteiger partial charge in [-0.3, -0.25) is 4.79 Å². The molecule has 0 unspecified atom stereocenters. The normalized spacial score (nSPS) is 10.7. The Morgan fingerprint density at radius 3 is 2.61 bits per heavy atom. The zero-order chi connectivity index (χ0) is 16.7. The third-order valence-electron chi connectivity index (χ3n) is 3.55. The number of aryl methyl sites for hydroxylation is 3. The molecule has 0 fully saturated rings. The molecule has 1 amide bonds. The second-order valence-electron chi connectivity index (χ2n) is 5.43. The average Bonchev–Trinajstić information content (AvgIpc) is 2.55. The van der Waals surface area contributed by atoms with Crippen molar-refractivity contribution in [2.24, 2.45) is 5.16 Å². The number of para-hydroxylation sites is 1. The molecule has 0 saturated carbocycles. The van der Waals surface area contributed by atoms with Crippen LogP contribution in [0.2, 0.25) is 0 Å². The van der Waals surface area contributed by atoms with Gasteiger partial charge in [0.1, 0.15) is 0 Å². The summed E-state index contributed by atoms with van der Waals surface area (Å²) in [5, 5.41) is 6.73. The van der Waals surface area contributed by atoms with Gasteiger partial charge in [0.2, 0.25) is 0 Å². The smallest absolute Gasteiger partial charge is 0.265 e. The lowest BCUT2D eigenvalue weighted by molar-refractivity contribution is -0.120. The van der Waals surface area contributed by atoms with Crippen LogP contribution in [-0.4, -0.2) is 18.7 Å². The molecule has 0 atom stereocenters. The van der Waals surface area contributed by atoms with Crippen LogP contribution in [0.15, 0.2) is 47.6 Å². The van der Waals surface area contributed by atoms with Crippen LogP contribution in [-0.2, 0) is 16.1 Å². The lowest BCUT2D eigenvalue weighted by Gasteiger charge is -2.12. The molecule has 0 radical (unpaired) electrons. The Morgan fingerprint density at radius 1 is 1.17 bits per heavy atom. The van der Waals surface area contributed by atoms with Crippen LogP contribution >= 0.6 is 0 Å². The molecule has 2 aromatic carbocycles. The predicted octanol–water partition coefficient (Wildman–Crippen LogP) is 3.86. The molecule has 0 aromatic heterocycles. The summed E-state index contributed by atoms with van der Waals surface area (Å²) >= 11 is 0. The summed E-state index contributed by atoms with van der Waals surface area (Å²) in [7, 11) is 0. The van der Waals surface area contributed by atoms with Crippen LogP contribution in [0, 0.1) is 13.8 Å². The molecule has 2 rings (SSSR count). The number of rotatable bonds is 6. The highest BCUT2D eigenvalue weighted by Gasteiger charge is 2.08. The van der Waals surface area contributed by atoms with Gasteiger partial charge in [-0.1, -0.05) is 60.1 Å². The van der Waals surface area contributed by atoms with Gasteiger partial charge in [-0.05, 0) is 37.0 Å². The Kier molecular flexibility index (Phi) is 5.92. The lowest BCUT2D eigenvalue weighted by atomic mass is 10.1. The molecule has 0 aliphatic rings. The fourth-order valence-electron chi connectivity index (χ4n) is 2.22. The van der Waals surface area contributed by atoms with E-state index in [1.54, 1.807) is 6.21 Å². The van der Waals surface area contributed by atoms with Gasteiger partial charge < -0.3 is 10.2 Å². The van der Waals surface area contributed by atoms with Gasteiger partial charge in [0.15, 0.2) is 6.61 Å². The molecule has 0 bridgehead atoms. The van der Waals surface area contributed by atoms with E-state index in [2.05, 4.69) is 17.4 Å². The van der Waals surface area contributed by atoms with E-state index in [1.807, 2.05) is 56.3 Å². The number of benzene rings is 2. The van der Waals surface area contributed by atoms with E-state index in [9.17, 15) is 4.79 Å². The number of carbonyl (C=O) groups excluding carboxylic acids is 1. The first kappa shape index (κ1) is 16.7. The Morgan fingerprint density at radius 2 is 1.91 bits per heavy atom. The summed E-state index contributed by atoms with van der Waals surface area (Å²) in [6.45, 7) is 5.95. The maximum atomic E-state index is 12.0. The molecular weight excluding hydrogens is 288 g/mol. The van der Waals surface area contributed by atoms with Crippen LogP contribution in [0.5, 0.6) is 0 Å². The Balaban J connectivity index is 1.87. The quantitative estimate of drug-likeness (QED) is 0.650. The van der Waals surface area contributed by atoms with Crippen LogP contribution < -0.4 is 5.32 Å². The third-order valence-corrected chi connectivity index (χ3v) is 3.55. The summed E-state index contributed by atoms with van der Waals surface area (Å²) < 4.78 is 0.